The second-order valence-electron chi connectivity index (χ2n) is 5.34. The van der Waals surface area contributed by atoms with Crippen LogP contribution in [0.4, 0.5) is 0 Å². The van der Waals surface area contributed by atoms with Crippen LogP contribution in [-0.2, 0) is 9.47 Å². The Kier molecular flexibility index (Phi) is 8.64. The Bertz CT molecular complexity index is 193. The van der Waals surface area contributed by atoms with Crippen molar-refractivity contribution in [3.8, 4) is 0 Å². The molecule has 0 bridgehead atoms. The van der Waals surface area contributed by atoms with E-state index in [0.29, 0.717) is 18.1 Å². The van der Waals surface area contributed by atoms with Crippen LogP contribution in [0.1, 0.15) is 52.4 Å². The lowest BCUT2D eigenvalue weighted by Crippen LogP contribution is -2.48. The van der Waals surface area contributed by atoms with Gasteiger partial charge in [0.25, 0.3) is 0 Å². The van der Waals surface area contributed by atoms with Gasteiger partial charge >= 0.3 is 0 Å². The molecule has 1 N–H and O–H groups in total. The van der Waals surface area contributed by atoms with Crippen molar-refractivity contribution in [1.82, 2.24) is 5.32 Å². The maximum atomic E-state index is 5.79. The van der Waals surface area contributed by atoms with Gasteiger partial charge in [-0.05, 0) is 31.7 Å². The molecule has 1 saturated carbocycles. The van der Waals surface area contributed by atoms with E-state index in [2.05, 4.69) is 19.2 Å². The molecule has 18 heavy (non-hydrogen) atoms. The first-order valence-corrected chi connectivity index (χ1v) is 7.67. The van der Waals surface area contributed by atoms with Crippen LogP contribution in [0, 0.1) is 5.92 Å². The van der Waals surface area contributed by atoms with E-state index in [1.165, 1.54) is 32.1 Å². The summed E-state index contributed by atoms with van der Waals surface area (Å²) in [5, 5.41) is 3.54. The molecule has 0 amide bonds. The molecule has 0 spiro atoms. The molecule has 108 valence electrons. The minimum atomic E-state index is 0.308. The third-order valence-corrected chi connectivity index (χ3v) is 3.90. The fourth-order valence-corrected chi connectivity index (χ4v) is 3.03. The van der Waals surface area contributed by atoms with Crippen LogP contribution in [-0.4, -0.2) is 39.0 Å². The summed E-state index contributed by atoms with van der Waals surface area (Å²) in [6.07, 6.45) is 8.13. The van der Waals surface area contributed by atoms with E-state index in [-0.39, 0.29) is 0 Å². The summed E-state index contributed by atoms with van der Waals surface area (Å²) < 4.78 is 11.5. The van der Waals surface area contributed by atoms with Gasteiger partial charge in [-0.2, -0.15) is 0 Å². The molecule has 2 unspecified atom stereocenters. The number of hydrogen-bond acceptors (Lipinski definition) is 3. The molecule has 3 nitrogen and oxygen atoms in total. The van der Waals surface area contributed by atoms with Crippen molar-refractivity contribution in [2.75, 3.05) is 26.9 Å². The molecule has 0 saturated heterocycles. The summed E-state index contributed by atoms with van der Waals surface area (Å²) in [5.74, 6) is 0.707. The second kappa shape index (κ2) is 9.76. The van der Waals surface area contributed by atoms with E-state index in [4.69, 9.17) is 9.47 Å². The Hall–Kier alpha value is -0.120. The van der Waals surface area contributed by atoms with E-state index in [1.807, 2.05) is 7.11 Å². The molecular formula is C15H31NO2. The summed E-state index contributed by atoms with van der Waals surface area (Å²) >= 11 is 0. The Morgan fingerprint density at radius 3 is 2.44 bits per heavy atom. The van der Waals surface area contributed by atoms with Crippen LogP contribution in [0.3, 0.4) is 0 Å². The summed E-state index contributed by atoms with van der Waals surface area (Å²) in [7, 11) is 1.85. The number of likely N-dealkylation sites (N-methyl/N-ethyl adjacent to an activating group) is 1. The van der Waals surface area contributed by atoms with E-state index < -0.39 is 0 Å². The van der Waals surface area contributed by atoms with Gasteiger partial charge < -0.3 is 14.8 Å². The predicted octanol–water partition coefficient (Wildman–Crippen LogP) is 2.99. The van der Waals surface area contributed by atoms with Crippen LogP contribution in [0.15, 0.2) is 0 Å². The highest BCUT2D eigenvalue weighted by molar-refractivity contribution is 4.84. The monoisotopic (exact) mass is 257 g/mol. The first-order valence-electron chi connectivity index (χ1n) is 7.67. The summed E-state index contributed by atoms with van der Waals surface area (Å²) in [4.78, 5) is 0. The topological polar surface area (TPSA) is 30.5 Å². The smallest absolute Gasteiger partial charge is 0.0774 e. The SMILES string of the molecule is CCCOCC(NCC)C(OC)C1CCCCC1. The van der Waals surface area contributed by atoms with Gasteiger partial charge in [0.1, 0.15) is 0 Å². The van der Waals surface area contributed by atoms with Gasteiger partial charge in [0.15, 0.2) is 0 Å². The highest BCUT2D eigenvalue weighted by Crippen LogP contribution is 2.29. The van der Waals surface area contributed by atoms with Crippen LogP contribution in [0.25, 0.3) is 0 Å². The van der Waals surface area contributed by atoms with Crippen LogP contribution in [0.2, 0.25) is 0 Å². The quantitative estimate of drug-likeness (QED) is 0.644. The Morgan fingerprint density at radius 1 is 1.17 bits per heavy atom. The fourth-order valence-electron chi connectivity index (χ4n) is 3.03. The number of rotatable bonds is 9. The lowest BCUT2D eigenvalue weighted by Gasteiger charge is -2.35. The van der Waals surface area contributed by atoms with Crippen LogP contribution < -0.4 is 5.32 Å². The number of methoxy groups -OCH3 is 1. The largest absolute Gasteiger partial charge is 0.380 e. The first-order chi connectivity index (χ1) is 8.83. The number of hydrogen-bond donors (Lipinski definition) is 1. The van der Waals surface area contributed by atoms with Crippen molar-refractivity contribution in [2.24, 2.45) is 5.92 Å². The Balaban J connectivity index is 2.48. The molecule has 1 aliphatic rings. The molecule has 0 aromatic rings. The molecule has 1 fully saturated rings. The zero-order valence-corrected chi connectivity index (χ0v) is 12.4. The van der Waals surface area contributed by atoms with Gasteiger partial charge in [-0.15, -0.1) is 0 Å². The average Bonchev–Trinajstić information content (AvgIpc) is 2.41. The van der Waals surface area contributed by atoms with E-state index in [1.54, 1.807) is 0 Å². The molecule has 1 aliphatic carbocycles. The van der Waals surface area contributed by atoms with E-state index >= 15 is 0 Å². The average molecular weight is 257 g/mol. The maximum absolute atomic E-state index is 5.79. The standard InChI is InChI=1S/C15H31NO2/c1-4-11-18-12-14(16-5-2)15(17-3)13-9-7-6-8-10-13/h13-16H,4-12H2,1-3H3. The fraction of sp³-hybridized carbons (Fsp3) is 1.00. The van der Waals surface area contributed by atoms with Gasteiger partial charge in [-0.3, -0.25) is 0 Å². The van der Waals surface area contributed by atoms with Gasteiger partial charge in [0.2, 0.25) is 0 Å². The molecule has 0 aromatic heterocycles. The minimum absolute atomic E-state index is 0.308. The van der Waals surface area contributed by atoms with Gasteiger partial charge in [0.05, 0.1) is 18.8 Å². The molecule has 0 radical (unpaired) electrons. The zero-order valence-electron chi connectivity index (χ0n) is 12.4. The third kappa shape index (κ3) is 5.25. The minimum Gasteiger partial charge on any atom is -0.380 e. The van der Waals surface area contributed by atoms with Gasteiger partial charge in [0, 0.05) is 13.7 Å². The first kappa shape index (κ1) is 15.9. The number of ether oxygens (including phenoxy) is 2. The summed E-state index contributed by atoms with van der Waals surface area (Å²) in [6.45, 7) is 6.91. The molecule has 0 aromatic carbocycles. The van der Waals surface area contributed by atoms with Gasteiger partial charge in [-0.1, -0.05) is 33.1 Å². The van der Waals surface area contributed by atoms with Crippen molar-refractivity contribution in [3.63, 3.8) is 0 Å². The lowest BCUT2D eigenvalue weighted by atomic mass is 9.82. The summed E-state index contributed by atoms with van der Waals surface area (Å²) in [6, 6.07) is 0.342. The molecule has 0 heterocycles. The molecule has 1 rings (SSSR count). The maximum Gasteiger partial charge on any atom is 0.0774 e. The second-order valence-corrected chi connectivity index (χ2v) is 5.34. The molecule has 3 heteroatoms. The van der Waals surface area contributed by atoms with Crippen molar-refractivity contribution >= 4 is 0 Å². The van der Waals surface area contributed by atoms with Crippen LogP contribution >= 0.6 is 0 Å². The highest BCUT2D eigenvalue weighted by atomic mass is 16.5. The lowest BCUT2D eigenvalue weighted by molar-refractivity contribution is -0.0199. The molecular weight excluding hydrogens is 226 g/mol. The zero-order chi connectivity index (χ0) is 13.2. The highest BCUT2D eigenvalue weighted by Gasteiger charge is 2.30. The van der Waals surface area contributed by atoms with E-state index in [0.717, 1.165) is 26.2 Å². The molecule has 0 aliphatic heterocycles. The predicted molar refractivity (Wildman–Crippen MR) is 75.9 cm³/mol. The molecule has 2 atom stereocenters. The normalized spacial score (nSPS) is 20.8. The van der Waals surface area contributed by atoms with Crippen molar-refractivity contribution in [2.45, 2.75) is 64.5 Å². The Morgan fingerprint density at radius 2 is 1.89 bits per heavy atom. The van der Waals surface area contributed by atoms with Crippen molar-refractivity contribution in [1.29, 1.82) is 0 Å². The van der Waals surface area contributed by atoms with Crippen LogP contribution in [0.5, 0.6) is 0 Å². The van der Waals surface area contributed by atoms with Crippen molar-refractivity contribution in [3.05, 3.63) is 0 Å². The number of nitrogens with one attached hydrogen (secondary N) is 1. The van der Waals surface area contributed by atoms with Gasteiger partial charge in [-0.25, -0.2) is 0 Å². The summed E-state index contributed by atoms with van der Waals surface area (Å²) in [5.41, 5.74) is 0. The third-order valence-electron chi connectivity index (χ3n) is 3.90. The van der Waals surface area contributed by atoms with E-state index in [9.17, 15) is 0 Å². The Labute approximate surface area is 113 Å². The van der Waals surface area contributed by atoms with Crippen molar-refractivity contribution < 1.29 is 9.47 Å².